The molecule has 2 aliphatic rings. The molecule has 36 heavy (non-hydrogen) atoms. The van der Waals surface area contributed by atoms with Gasteiger partial charge in [-0.15, -0.1) is 0 Å². The summed E-state index contributed by atoms with van der Waals surface area (Å²) in [5.41, 5.74) is 1.95. The summed E-state index contributed by atoms with van der Waals surface area (Å²) in [6, 6.07) is 9.01. The lowest BCUT2D eigenvalue weighted by Crippen LogP contribution is -2.61. The molecule has 5 rings (SSSR count). The monoisotopic (exact) mass is 489 g/mol. The minimum atomic E-state index is -0.953. The van der Waals surface area contributed by atoms with Crippen molar-refractivity contribution in [2.45, 2.75) is 70.9 Å². The van der Waals surface area contributed by atoms with Crippen LogP contribution in [0.15, 0.2) is 36.5 Å². The largest absolute Gasteiger partial charge is 0.452 e. The van der Waals surface area contributed by atoms with Crippen LogP contribution in [-0.4, -0.2) is 44.7 Å². The van der Waals surface area contributed by atoms with E-state index in [4.69, 9.17) is 9.72 Å². The van der Waals surface area contributed by atoms with Gasteiger partial charge in [0.25, 0.3) is 11.8 Å². The molecule has 0 radical (unpaired) electrons. The highest BCUT2D eigenvalue weighted by molar-refractivity contribution is 6.15. The zero-order chi connectivity index (χ0) is 25.6. The molecule has 0 saturated heterocycles. The van der Waals surface area contributed by atoms with E-state index in [1.807, 2.05) is 45.9 Å². The van der Waals surface area contributed by atoms with Crippen molar-refractivity contribution in [2.75, 3.05) is 16.8 Å². The number of amides is 2. The van der Waals surface area contributed by atoms with Crippen LogP contribution >= 0.6 is 0 Å². The number of carbonyl (C=O) groups excluding carboxylic acids is 3. The SMILES string of the molecule is CC(C)c1cc(C(=O)OCC(=O)N2c3ccccc3NC(=O)C23CCCC3)c2cnn(C(C)C)c2n1. The number of para-hydroxylation sites is 2. The van der Waals surface area contributed by atoms with Crippen molar-refractivity contribution in [2.24, 2.45) is 0 Å². The summed E-state index contributed by atoms with van der Waals surface area (Å²) in [5, 5.41) is 7.96. The fraction of sp³-hybridized carbons (Fsp3) is 0.444. The quantitative estimate of drug-likeness (QED) is 0.526. The average Bonchev–Trinajstić information content (AvgIpc) is 3.51. The van der Waals surface area contributed by atoms with E-state index >= 15 is 0 Å². The third kappa shape index (κ3) is 3.83. The van der Waals surface area contributed by atoms with Crippen LogP contribution in [0.5, 0.6) is 0 Å². The van der Waals surface area contributed by atoms with Gasteiger partial charge < -0.3 is 10.1 Å². The van der Waals surface area contributed by atoms with Crippen LogP contribution in [0, 0.1) is 0 Å². The molecule has 1 aromatic carbocycles. The van der Waals surface area contributed by atoms with E-state index in [0.29, 0.717) is 40.8 Å². The van der Waals surface area contributed by atoms with E-state index in [-0.39, 0.29) is 17.9 Å². The molecule has 1 aliphatic heterocycles. The van der Waals surface area contributed by atoms with Crippen molar-refractivity contribution in [3.05, 3.63) is 47.8 Å². The zero-order valence-corrected chi connectivity index (χ0v) is 21.1. The third-order valence-corrected chi connectivity index (χ3v) is 7.14. The summed E-state index contributed by atoms with van der Waals surface area (Å²) in [7, 11) is 0. The standard InChI is InChI=1S/C27H31N5O4/c1-16(2)21-13-18(19-14-28-32(17(3)4)24(19)29-21)25(34)36-15-23(33)31-22-10-6-5-9-20(22)30-26(35)27(31)11-7-8-12-27/h5-6,9-10,13-14,16-17H,7-8,11-12,15H2,1-4H3,(H,30,35). The topological polar surface area (TPSA) is 106 Å². The smallest absolute Gasteiger partial charge is 0.339 e. The molecule has 0 bridgehead atoms. The van der Waals surface area contributed by atoms with Crippen LogP contribution in [0.25, 0.3) is 11.0 Å². The maximum absolute atomic E-state index is 13.6. The molecule has 1 spiro atoms. The molecule has 2 amide bonds. The van der Waals surface area contributed by atoms with Crippen molar-refractivity contribution >= 4 is 40.2 Å². The second kappa shape index (κ2) is 9.04. The van der Waals surface area contributed by atoms with Crippen LogP contribution in [-0.2, 0) is 14.3 Å². The van der Waals surface area contributed by atoms with Crippen LogP contribution < -0.4 is 10.2 Å². The Morgan fingerprint density at radius 2 is 1.86 bits per heavy atom. The molecule has 0 atom stereocenters. The maximum atomic E-state index is 13.6. The van der Waals surface area contributed by atoms with Gasteiger partial charge in [0, 0.05) is 11.7 Å². The molecule has 1 saturated carbocycles. The summed E-state index contributed by atoms with van der Waals surface area (Å²) >= 11 is 0. The number of pyridine rings is 1. The Hall–Kier alpha value is -3.75. The number of rotatable bonds is 5. The lowest BCUT2D eigenvalue weighted by molar-refractivity contribution is -0.129. The molecule has 3 aromatic rings. The summed E-state index contributed by atoms with van der Waals surface area (Å²) in [5.74, 6) is -1.13. The number of nitrogens with zero attached hydrogens (tertiary/aromatic N) is 4. The molecular formula is C27H31N5O4. The van der Waals surface area contributed by atoms with E-state index in [0.717, 1.165) is 18.5 Å². The first-order chi connectivity index (χ1) is 17.2. The Labute approximate surface area is 209 Å². The van der Waals surface area contributed by atoms with Gasteiger partial charge in [-0.25, -0.2) is 14.5 Å². The second-order valence-corrected chi connectivity index (χ2v) is 10.2. The molecule has 0 unspecified atom stereocenters. The number of benzene rings is 1. The normalized spacial score (nSPS) is 16.6. The molecule has 1 aliphatic carbocycles. The highest BCUT2D eigenvalue weighted by Crippen LogP contribution is 2.45. The van der Waals surface area contributed by atoms with Crippen molar-refractivity contribution in [3.63, 3.8) is 0 Å². The highest BCUT2D eigenvalue weighted by Gasteiger charge is 2.52. The summed E-state index contributed by atoms with van der Waals surface area (Å²) in [6.07, 6.45) is 4.47. The number of esters is 1. The highest BCUT2D eigenvalue weighted by atomic mass is 16.5. The van der Waals surface area contributed by atoms with Gasteiger partial charge in [0.15, 0.2) is 12.3 Å². The number of ether oxygens (including phenoxy) is 1. The third-order valence-electron chi connectivity index (χ3n) is 7.14. The van der Waals surface area contributed by atoms with Crippen LogP contribution in [0.1, 0.15) is 81.4 Å². The van der Waals surface area contributed by atoms with E-state index < -0.39 is 24.0 Å². The fourth-order valence-corrected chi connectivity index (χ4v) is 5.28. The van der Waals surface area contributed by atoms with Gasteiger partial charge >= 0.3 is 5.97 Å². The molecule has 9 nitrogen and oxygen atoms in total. The maximum Gasteiger partial charge on any atom is 0.339 e. The fourth-order valence-electron chi connectivity index (χ4n) is 5.28. The van der Waals surface area contributed by atoms with Crippen molar-refractivity contribution in [1.29, 1.82) is 0 Å². The number of fused-ring (bicyclic) bond motifs is 2. The van der Waals surface area contributed by atoms with E-state index in [1.54, 1.807) is 27.9 Å². The predicted octanol–water partition coefficient (Wildman–Crippen LogP) is 4.59. The number of aromatic nitrogens is 3. The number of nitrogens with one attached hydrogen (secondary N) is 1. The van der Waals surface area contributed by atoms with E-state index in [2.05, 4.69) is 10.4 Å². The van der Waals surface area contributed by atoms with Gasteiger partial charge in [-0.2, -0.15) is 5.10 Å². The Kier molecular flexibility index (Phi) is 6.02. The molecular weight excluding hydrogens is 458 g/mol. The number of hydrogen-bond donors (Lipinski definition) is 1. The lowest BCUT2D eigenvalue weighted by atomic mass is 9.90. The number of carbonyl (C=O) groups is 3. The van der Waals surface area contributed by atoms with E-state index in [9.17, 15) is 14.4 Å². The molecule has 188 valence electrons. The van der Waals surface area contributed by atoms with Crippen molar-refractivity contribution in [3.8, 4) is 0 Å². The average molecular weight is 490 g/mol. The van der Waals surface area contributed by atoms with Gasteiger partial charge in [-0.1, -0.05) is 38.8 Å². The zero-order valence-electron chi connectivity index (χ0n) is 21.1. The van der Waals surface area contributed by atoms with Crippen molar-refractivity contribution < 1.29 is 19.1 Å². The first-order valence-corrected chi connectivity index (χ1v) is 12.5. The van der Waals surface area contributed by atoms with Crippen LogP contribution in [0.2, 0.25) is 0 Å². The Morgan fingerprint density at radius 1 is 1.14 bits per heavy atom. The van der Waals surface area contributed by atoms with Gasteiger partial charge in [-0.05, 0) is 50.8 Å². The minimum Gasteiger partial charge on any atom is -0.452 e. The Bertz CT molecular complexity index is 1350. The van der Waals surface area contributed by atoms with Crippen LogP contribution in [0.4, 0.5) is 11.4 Å². The molecule has 3 heterocycles. The summed E-state index contributed by atoms with van der Waals surface area (Å²) < 4.78 is 7.36. The first-order valence-electron chi connectivity index (χ1n) is 12.5. The second-order valence-electron chi connectivity index (χ2n) is 10.2. The van der Waals surface area contributed by atoms with Gasteiger partial charge in [0.1, 0.15) is 5.54 Å². The van der Waals surface area contributed by atoms with Gasteiger partial charge in [-0.3, -0.25) is 14.5 Å². The summed E-state index contributed by atoms with van der Waals surface area (Å²) in [4.78, 5) is 46.3. The predicted molar refractivity (Wildman–Crippen MR) is 136 cm³/mol. The molecule has 2 aromatic heterocycles. The molecule has 1 fully saturated rings. The Balaban J connectivity index is 1.45. The van der Waals surface area contributed by atoms with Crippen LogP contribution in [0.3, 0.4) is 0 Å². The summed E-state index contributed by atoms with van der Waals surface area (Å²) in [6.45, 7) is 7.53. The van der Waals surface area contributed by atoms with Gasteiger partial charge in [0.2, 0.25) is 0 Å². The van der Waals surface area contributed by atoms with Gasteiger partial charge in [0.05, 0.1) is 28.5 Å². The minimum absolute atomic E-state index is 0.0655. The van der Waals surface area contributed by atoms with E-state index in [1.165, 1.54) is 0 Å². The molecule has 9 heteroatoms. The number of hydrogen-bond acceptors (Lipinski definition) is 6. The first kappa shape index (κ1) is 24.0. The number of anilines is 2. The Morgan fingerprint density at radius 3 is 2.56 bits per heavy atom. The lowest BCUT2D eigenvalue weighted by Gasteiger charge is -2.44. The molecule has 1 N–H and O–H groups in total. The van der Waals surface area contributed by atoms with Crippen molar-refractivity contribution in [1.82, 2.24) is 14.8 Å².